The van der Waals surface area contributed by atoms with Crippen molar-refractivity contribution in [1.82, 2.24) is 14.6 Å². The van der Waals surface area contributed by atoms with Crippen LogP contribution in [0.4, 0.5) is 19.9 Å². The SMILES string of the molecule is CC(C)(C)OC(=O)N(C(=O)OC(C)(C)C)c1nc2cc(-c3cccc(O)c3F)ccn2n1. The zero-order valence-electron chi connectivity index (χ0n) is 18.7. The van der Waals surface area contributed by atoms with Crippen LogP contribution in [0.3, 0.4) is 0 Å². The lowest BCUT2D eigenvalue weighted by molar-refractivity contribution is 0.0427. The molecule has 0 aliphatic carbocycles. The molecule has 0 unspecified atom stereocenters. The van der Waals surface area contributed by atoms with Gasteiger partial charge in [-0.2, -0.15) is 4.98 Å². The van der Waals surface area contributed by atoms with Crippen LogP contribution in [0, 0.1) is 5.82 Å². The van der Waals surface area contributed by atoms with Crippen molar-refractivity contribution < 1.29 is 28.6 Å². The molecule has 0 aliphatic rings. The number of aromatic hydroxyl groups is 1. The molecule has 0 radical (unpaired) electrons. The van der Waals surface area contributed by atoms with Gasteiger partial charge in [0.15, 0.2) is 17.2 Å². The van der Waals surface area contributed by atoms with Crippen LogP contribution >= 0.6 is 0 Å². The highest BCUT2D eigenvalue weighted by molar-refractivity contribution is 6.08. The number of halogens is 1. The highest BCUT2D eigenvalue weighted by Gasteiger charge is 2.35. The van der Waals surface area contributed by atoms with Crippen molar-refractivity contribution in [2.24, 2.45) is 0 Å². The lowest BCUT2D eigenvalue weighted by atomic mass is 10.1. The summed E-state index contributed by atoms with van der Waals surface area (Å²) in [6, 6.07) is 7.34. The van der Waals surface area contributed by atoms with Crippen molar-refractivity contribution >= 4 is 23.8 Å². The van der Waals surface area contributed by atoms with Crippen molar-refractivity contribution in [2.75, 3.05) is 4.90 Å². The summed E-state index contributed by atoms with van der Waals surface area (Å²) in [4.78, 5) is 30.4. The number of phenolic OH excluding ortho intramolecular Hbond substituents is 1. The molecule has 0 fully saturated rings. The number of amides is 2. The molecule has 2 amide bonds. The van der Waals surface area contributed by atoms with E-state index in [0.717, 1.165) is 0 Å². The quantitative estimate of drug-likeness (QED) is 0.598. The summed E-state index contributed by atoms with van der Waals surface area (Å²) < 4.78 is 26.3. The van der Waals surface area contributed by atoms with Gasteiger partial charge in [0.05, 0.1) is 0 Å². The zero-order valence-corrected chi connectivity index (χ0v) is 18.7. The number of fused-ring (bicyclic) bond motifs is 1. The number of ether oxygens (including phenoxy) is 2. The Morgan fingerprint density at radius 3 is 2.19 bits per heavy atom. The molecule has 1 aromatic carbocycles. The highest BCUT2D eigenvalue weighted by atomic mass is 19.1. The molecule has 9 nitrogen and oxygen atoms in total. The lowest BCUT2D eigenvalue weighted by Crippen LogP contribution is -2.44. The van der Waals surface area contributed by atoms with Gasteiger partial charge >= 0.3 is 12.2 Å². The summed E-state index contributed by atoms with van der Waals surface area (Å²) in [5.74, 6) is -1.52. The second kappa shape index (κ2) is 8.10. The van der Waals surface area contributed by atoms with E-state index in [0.29, 0.717) is 10.5 Å². The first-order valence-electron chi connectivity index (χ1n) is 9.85. The van der Waals surface area contributed by atoms with Crippen molar-refractivity contribution in [2.45, 2.75) is 52.7 Å². The number of anilines is 1. The number of imide groups is 1. The molecule has 0 atom stereocenters. The van der Waals surface area contributed by atoms with Crippen molar-refractivity contribution in [3.63, 3.8) is 0 Å². The lowest BCUT2D eigenvalue weighted by Gasteiger charge is -2.26. The molecule has 0 saturated carbocycles. The Labute approximate surface area is 184 Å². The second-order valence-corrected chi connectivity index (χ2v) is 9.06. The largest absolute Gasteiger partial charge is 0.505 e. The van der Waals surface area contributed by atoms with Gasteiger partial charge in [-0.25, -0.2) is 18.5 Å². The fraction of sp³-hybridized carbons (Fsp3) is 0.364. The second-order valence-electron chi connectivity index (χ2n) is 9.06. The van der Waals surface area contributed by atoms with Gasteiger partial charge in [-0.3, -0.25) is 0 Å². The molecule has 32 heavy (non-hydrogen) atoms. The number of rotatable bonds is 2. The Hall–Kier alpha value is -3.69. The van der Waals surface area contributed by atoms with Crippen molar-refractivity contribution in [3.8, 4) is 16.9 Å². The van der Waals surface area contributed by atoms with Crippen LogP contribution in [-0.2, 0) is 9.47 Å². The number of carbonyl (C=O) groups excluding carboxylic acids is 2. The third-order valence-electron chi connectivity index (χ3n) is 3.97. The van der Waals surface area contributed by atoms with E-state index >= 15 is 0 Å². The summed E-state index contributed by atoms with van der Waals surface area (Å²) in [5, 5.41) is 13.8. The van der Waals surface area contributed by atoms with E-state index in [4.69, 9.17) is 9.47 Å². The van der Waals surface area contributed by atoms with E-state index in [1.807, 2.05) is 0 Å². The van der Waals surface area contributed by atoms with Crippen LogP contribution in [-0.4, -0.2) is 43.1 Å². The van der Waals surface area contributed by atoms with E-state index in [-0.39, 0.29) is 17.2 Å². The van der Waals surface area contributed by atoms with Crippen LogP contribution < -0.4 is 4.90 Å². The van der Waals surface area contributed by atoms with Crippen LogP contribution in [0.25, 0.3) is 16.8 Å². The fourth-order valence-electron chi connectivity index (χ4n) is 2.73. The van der Waals surface area contributed by atoms with Crippen molar-refractivity contribution in [3.05, 3.63) is 42.3 Å². The van der Waals surface area contributed by atoms with Gasteiger partial charge in [0, 0.05) is 11.8 Å². The van der Waals surface area contributed by atoms with E-state index in [1.54, 1.807) is 47.6 Å². The minimum atomic E-state index is -0.998. The summed E-state index contributed by atoms with van der Waals surface area (Å²) in [5.41, 5.74) is -0.941. The van der Waals surface area contributed by atoms with Gasteiger partial charge in [-0.05, 0) is 65.3 Å². The minimum absolute atomic E-state index is 0.160. The molecule has 0 aliphatic heterocycles. The number of hydrogen-bond donors (Lipinski definition) is 1. The van der Waals surface area contributed by atoms with Gasteiger partial charge in [0.1, 0.15) is 11.2 Å². The Balaban J connectivity index is 2.05. The van der Waals surface area contributed by atoms with Gasteiger partial charge in [-0.15, -0.1) is 10.00 Å². The van der Waals surface area contributed by atoms with Crippen molar-refractivity contribution in [1.29, 1.82) is 0 Å². The molecule has 10 heteroatoms. The predicted octanol–water partition coefficient (Wildman–Crippen LogP) is 4.92. The number of nitrogens with zero attached hydrogens (tertiary/aromatic N) is 4. The van der Waals surface area contributed by atoms with Crippen LogP contribution in [0.1, 0.15) is 41.5 Å². The number of benzene rings is 1. The monoisotopic (exact) mass is 444 g/mol. The number of aromatic nitrogens is 3. The van der Waals surface area contributed by atoms with Crippen LogP contribution in [0.2, 0.25) is 0 Å². The number of phenols is 1. The van der Waals surface area contributed by atoms with E-state index < -0.39 is 35.0 Å². The van der Waals surface area contributed by atoms with E-state index in [2.05, 4.69) is 10.1 Å². The van der Waals surface area contributed by atoms with Gasteiger partial charge in [-0.1, -0.05) is 12.1 Å². The smallest absolute Gasteiger partial charge is 0.427 e. The molecule has 2 heterocycles. The molecular weight excluding hydrogens is 419 g/mol. The molecule has 3 aromatic rings. The molecule has 0 bridgehead atoms. The average molecular weight is 444 g/mol. The van der Waals surface area contributed by atoms with Gasteiger partial charge < -0.3 is 14.6 Å². The maximum absolute atomic E-state index is 14.3. The van der Waals surface area contributed by atoms with Gasteiger partial charge in [0.2, 0.25) is 0 Å². The third-order valence-corrected chi connectivity index (χ3v) is 3.97. The molecular formula is C22H25FN4O5. The summed E-state index contributed by atoms with van der Waals surface area (Å²) in [6.45, 7) is 9.95. The molecule has 1 N–H and O–H groups in total. The number of carbonyl (C=O) groups is 2. The predicted molar refractivity (Wildman–Crippen MR) is 115 cm³/mol. The third kappa shape index (κ3) is 5.13. The number of pyridine rings is 1. The normalized spacial score (nSPS) is 12.0. The first kappa shape index (κ1) is 23.0. The Bertz CT molecular complexity index is 1150. The van der Waals surface area contributed by atoms with Gasteiger partial charge in [0.25, 0.3) is 5.95 Å². The maximum Gasteiger partial charge on any atom is 0.427 e. The summed E-state index contributed by atoms with van der Waals surface area (Å²) in [6.07, 6.45) is -0.503. The molecule has 0 spiro atoms. The zero-order chi connectivity index (χ0) is 23.8. The minimum Gasteiger partial charge on any atom is -0.505 e. The fourth-order valence-corrected chi connectivity index (χ4v) is 2.73. The van der Waals surface area contributed by atoms with E-state index in [9.17, 15) is 19.1 Å². The first-order chi connectivity index (χ1) is 14.7. The summed E-state index contributed by atoms with van der Waals surface area (Å²) in [7, 11) is 0. The molecule has 0 saturated heterocycles. The molecule has 2 aromatic heterocycles. The Morgan fingerprint density at radius 2 is 1.62 bits per heavy atom. The highest BCUT2D eigenvalue weighted by Crippen LogP contribution is 2.29. The maximum atomic E-state index is 14.3. The summed E-state index contributed by atoms with van der Waals surface area (Å²) >= 11 is 0. The molecule has 170 valence electrons. The Morgan fingerprint density at radius 1 is 1.03 bits per heavy atom. The van der Waals surface area contributed by atoms with E-state index in [1.165, 1.54) is 35.0 Å². The van der Waals surface area contributed by atoms with Crippen LogP contribution in [0.15, 0.2) is 36.5 Å². The number of hydrogen-bond acceptors (Lipinski definition) is 7. The molecule has 3 rings (SSSR count). The average Bonchev–Trinajstić information content (AvgIpc) is 3.03. The Kier molecular flexibility index (Phi) is 5.82. The first-order valence-corrected chi connectivity index (χ1v) is 9.85. The van der Waals surface area contributed by atoms with Crippen LogP contribution in [0.5, 0.6) is 5.75 Å². The standard InChI is InChI=1S/C22H25FN4O5/c1-21(2,3)31-19(29)27(20(30)32-22(4,5)6)18-24-16-12-13(10-11-26(16)25-18)14-8-7-9-15(28)17(14)23/h7-12,28H,1-6H3. The topological polar surface area (TPSA) is 106 Å².